The minimum absolute atomic E-state index is 0.0172. The van der Waals surface area contributed by atoms with Gasteiger partial charge in [-0.1, -0.05) is 25.1 Å². The number of benzene rings is 1. The molecule has 1 aliphatic rings. The lowest BCUT2D eigenvalue weighted by molar-refractivity contribution is -0.157. The van der Waals surface area contributed by atoms with E-state index < -0.39 is 18.6 Å². The highest BCUT2D eigenvalue weighted by Gasteiger charge is 2.35. The molecule has 5 nitrogen and oxygen atoms in total. The molecule has 130 valence electrons. The van der Waals surface area contributed by atoms with Crippen molar-refractivity contribution in [2.45, 2.75) is 32.4 Å². The fourth-order valence-electron chi connectivity index (χ4n) is 2.40. The van der Waals surface area contributed by atoms with Gasteiger partial charge in [0.25, 0.3) is 5.91 Å². The van der Waals surface area contributed by atoms with Crippen LogP contribution >= 0.6 is 0 Å². The van der Waals surface area contributed by atoms with E-state index in [0.717, 1.165) is 9.91 Å². The van der Waals surface area contributed by atoms with Gasteiger partial charge in [0.05, 0.1) is 5.69 Å². The molecule has 1 aromatic carbocycles. The normalized spacial score (nSPS) is 15.2. The van der Waals surface area contributed by atoms with Crippen LogP contribution in [-0.2, 0) is 9.59 Å². The quantitative estimate of drug-likeness (QED) is 0.827. The van der Waals surface area contributed by atoms with Crippen molar-refractivity contribution < 1.29 is 22.8 Å². The zero-order chi connectivity index (χ0) is 17.7. The molecule has 0 aliphatic carbocycles. The number of anilines is 1. The summed E-state index contributed by atoms with van der Waals surface area (Å²) in [5.74, 6) is -1.07. The zero-order valence-electron chi connectivity index (χ0n) is 13.2. The highest BCUT2D eigenvalue weighted by atomic mass is 19.4. The SMILES string of the molecule is CCCN(CC(F)(F)F)C(=O)C1=NN(c2ccccc2)C(=O)CC1. The van der Waals surface area contributed by atoms with Crippen LogP contribution in [0.3, 0.4) is 0 Å². The number of nitrogens with zero attached hydrogens (tertiary/aromatic N) is 3. The summed E-state index contributed by atoms with van der Waals surface area (Å²) >= 11 is 0. The molecule has 24 heavy (non-hydrogen) atoms. The summed E-state index contributed by atoms with van der Waals surface area (Å²) in [6.45, 7) is 0.355. The van der Waals surface area contributed by atoms with Crippen molar-refractivity contribution in [3.63, 3.8) is 0 Å². The Morgan fingerprint density at radius 3 is 2.50 bits per heavy atom. The number of hydrogen-bond acceptors (Lipinski definition) is 3. The monoisotopic (exact) mass is 341 g/mol. The van der Waals surface area contributed by atoms with Crippen LogP contribution < -0.4 is 5.01 Å². The van der Waals surface area contributed by atoms with Crippen LogP contribution in [-0.4, -0.2) is 41.7 Å². The Balaban J connectivity index is 2.25. The minimum atomic E-state index is -4.48. The molecule has 2 rings (SSSR count). The van der Waals surface area contributed by atoms with Gasteiger partial charge in [0.2, 0.25) is 5.91 Å². The van der Waals surface area contributed by atoms with Crippen molar-refractivity contribution in [2.24, 2.45) is 5.10 Å². The predicted molar refractivity (Wildman–Crippen MR) is 83.5 cm³/mol. The lowest BCUT2D eigenvalue weighted by Gasteiger charge is -2.27. The number of amides is 2. The van der Waals surface area contributed by atoms with E-state index in [1.807, 2.05) is 0 Å². The van der Waals surface area contributed by atoms with Gasteiger partial charge in [-0.3, -0.25) is 9.59 Å². The first-order valence-electron chi connectivity index (χ1n) is 7.63. The summed E-state index contributed by atoms with van der Waals surface area (Å²) in [7, 11) is 0. The maximum Gasteiger partial charge on any atom is 0.406 e. The molecule has 1 aromatic rings. The second-order valence-electron chi connectivity index (χ2n) is 5.43. The highest BCUT2D eigenvalue weighted by molar-refractivity contribution is 6.40. The standard InChI is InChI=1S/C16H18F3N3O2/c1-2-10-21(11-16(17,18)19)15(24)13-8-9-14(23)22(20-13)12-6-4-3-5-7-12/h3-7H,2,8-11H2,1H3. The van der Waals surface area contributed by atoms with Gasteiger partial charge >= 0.3 is 6.18 Å². The number of carbonyl (C=O) groups is 2. The van der Waals surface area contributed by atoms with Crippen LogP contribution in [0.2, 0.25) is 0 Å². The third-order valence-electron chi connectivity index (χ3n) is 3.43. The minimum Gasteiger partial charge on any atom is -0.328 e. The largest absolute Gasteiger partial charge is 0.406 e. The molecule has 0 fully saturated rings. The molecular weight excluding hydrogens is 323 g/mol. The molecule has 0 radical (unpaired) electrons. The van der Waals surface area contributed by atoms with Crippen LogP contribution in [0.4, 0.5) is 18.9 Å². The number of rotatable bonds is 5. The fourth-order valence-corrected chi connectivity index (χ4v) is 2.40. The van der Waals surface area contributed by atoms with Crippen LogP contribution in [0.25, 0.3) is 0 Å². The number of alkyl halides is 3. The summed E-state index contributed by atoms with van der Waals surface area (Å²) in [6, 6.07) is 8.48. The summed E-state index contributed by atoms with van der Waals surface area (Å²) in [5.41, 5.74) is 0.446. The van der Waals surface area contributed by atoms with Crippen molar-refractivity contribution in [3.8, 4) is 0 Å². The maximum absolute atomic E-state index is 12.7. The topological polar surface area (TPSA) is 53.0 Å². The van der Waals surface area contributed by atoms with E-state index in [2.05, 4.69) is 5.10 Å². The number of carbonyl (C=O) groups excluding carboxylic acids is 2. The van der Waals surface area contributed by atoms with Crippen LogP contribution in [0.15, 0.2) is 35.4 Å². The first-order chi connectivity index (χ1) is 11.3. The summed E-state index contributed by atoms with van der Waals surface area (Å²) in [4.78, 5) is 25.1. The molecule has 1 aliphatic heterocycles. The van der Waals surface area contributed by atoms with Crippen LogP contribution in [0.5, 0.6) is 0 Å². The van der Waals surface area contributed by atoms with E-state index in [9.17, 15) is 22.8 Å². The van der Waals surface area contributed by atoms with E-state index in [1.54, 1.807) is 37.3 Å². The Morgan fingerprint density at radius 2 is 1.92 bits per heavy atom. The van der Waals surface area contributed by atoms with Gasteiger partial charge in [0.1, 0.15) is 12.3 Å². The third kappa shape index (κ3) is 4.56. The number of para-hydroxylation sites is 1. The third-order valence-corrected chi connectivity index (χ3v) is 3.43. The predicted octanol–water partition coefficient (Wildman–Crippen LogP) is 2.97. The van der Waals surface area contributed by atoms with Gasteiger partial charge in [-0.15, -0.1) is 0 Å². The van der Waals surface area contributed by atoms with Crippen molar-refractivity contribution in [1.29, 1.82) is 0 Å². The van der Waals surface area contributed by atoms with Crippen LogP contribution in [0.1, 0.15) is 26.2 Å². The second-order valence-corrected chi connectivity index (χ2v) is 5.43. The molecule has 0 bridgehead atoms. The first-order valence-corrected chi connectivity index (χ1v) is 7.63. The average Bonchev–Trinajstić information content (AvgIpc) is 2.54. The van der Waals surface area contributed by atoms with E-state index >= 15 is 0 Å². The summed E-state index contributed by atoms with van der Waals surface area (Å²) in [6.07, 6.45) is -4.00. The Labute approximate surface area is 137 Å². The lowest BCUT2D eigenvalue weighted by atomic mass is 10.1. The van der Waals surface area contributed by atoms with Gasteiger partial charge < -0.3 is 4.90 Å². The molecule has 1 heterocycles. The van der Waals surface area contributed by atoms with E-state index in [4.69, 9.17) is 0 Å². The molecule has 0 N–H and O–H groups in total. The average molecular weight is 341 g/mol. The van der Waals surface area contributed by atoms with Gasteiger partial charge in [-0.05, 0) is 18.6 Å². The Hall–Kier alpha value is -2.38. The van der Waals surface area contributed by atoms with Crippen molar-refractivity contribution >= 4 is 23.2 Å². The van der Waals surface area contributed by atoms with Crippen molar-refractivity contribution in [3.05, 3.63) is 30.3 Å². The Bertz CT molecular complexity index is 629. The zero-order valence-corrected chi connectivity index (χ0v) is 13.2. The maximum atomic E-state index is 12.7. The van der Waals surface area contributed by atoms with Gasteiger partial charge in [-0.2, -0.15) is 18.3 Å². The molecule has 0 unspecified atom stereocenters. The van der Waals surface area contributed by atoms with Gasteiger partial charge in [0, 0.05) is 19.4 Å². The Kier molecular flexibility index (Phi) is 5.58. The second kappa shape index (κ2) is 7.46. The molecule has 0 atom stereocenters. The van der Waals surface area contributed by atoms with Crippen molar-refractivity contribution in [2.75, 3.05) is 18.1 Å². The Morgan fingerprint density at radius 1 is 1.25 bits per heavy atom. The molecular formula is C16H18F3N3O2. The fraction of sp³-hybridized carbons (Fsp3) is 0.438. The highest BCUT2D eigenvalue weighted by Crippen LogP contribution is 2.22. The van der Waals surface area contributed by atoms with E-state index in [0.29, 0.717) is 12.1 Å². The first kappa shape index (κ1) is 18.0. The van der Waals surface area contributed by atoms with Crippen LogP contribution in [0, 0.1) is 0 Å². The number of hydrazone groups is 1. The number of hydrogen-bond donors (Lipinski definition) is 0. The smallest absolute Gasteiger partial charge is 0.328 e. The lowest BCUT2D eigenvalue weighted by Crippen LogP contribution is -2.45. The summed E-state index contributed by atoms with van der Waals surface area (Å²) in [5, 5.41) is 5.09. The number of halogens is 3. The molecule has 0 saturated carbocycles. The molecule has 0 aromatic heterocycles. The van der Waals surface area contributed by atoms with Gasteiger partial charge in [0.15, 0.2) is 0 Å². The molecule has 0 spiro atoms. The van der Waals surface area contributed by atoms with E-state index in [-0.39, 0.29) is 31.0 Å². The van der Waals surface area contributed by atoms with Crippen molar-refractivity contribution in [1.82, 2.24) is 4.90 Å². The molecule has 2 amide bonds. The molecule has 0 saturated heterocycles. The summed E-state index contributed by atoms with van der Waals surface area (Å²) < 4.78 is 38.0. The molecule has 8 heteroatoms. The van der Waals surface area contributed by atoms with Gasteiger partial charge in [-0.25, -0.2) is 5.01 Å². The van der Waals surface area contributed by atoms with E-state index in [1.165, 1.54) is 0 Å².